The van der Waals surface area contributed by atoms with Gasteiger partial charge in [0.1, 0.15) is 52.4 Å². The fourth-order valence-electron chi connectivity index (χ4n) is 14.9. The predicted molar refractivity (Wildman–Crippen MR) is 474 cm³/mol. The van der Waals surface area contributed by atoms with Crippen molar-refractivity contribution in [2.45, 2.75) is 78.3 Å². The van der Waals surface area contributed by atoms with Crippen molar-refractivity contribution in [3.63, 3.8) is 0 Å². The zero-order valence-corrected chi connectivity index (χ0v) is 68.8. The van der Waals surface area contributed by atoms with E-state index in [0.29, 0.717) is 73.6 Å². The Balaban J connectivity index is 0.000000112. The number of benzene rings is 3. The number of hydrogen-bond donors (Lipinski definition) is 9. The molecule has 0 saturated carbocycles. The van der Waals surface area contributed by atoms with Crippen molar-refractivity contribution in [2.24, 2.45) is 17.6 Å². The van der Waals surface area contributed by atoms with Crippen molar-refractivity contribution in [1.29, 1.82) is 0 Å². The van der Waals surface area contributed by atoms with E-state index < -0.39 is 0 Å². The molecular formula is C84H97Cl2N31OS. The molecule has 0 bridgehead atoms. The number of nitrogens with two attached hydrogens (primary N) is 7. The average molecular weight is 1660 g/mol. The van der Waals surface area contributed by atoms with Gasteiger partial charge in [0.2, 0.25) is 0 Å². The molecule has 3 atom stereocenters. The summed E-state index contributed by atoms with van der Waals surface area (Å²) >= 11 is 13.9. The summed E-state index contributed by atoms with van der Waals surface area (Å²) in [6.07, 6.45) is 17.4. The van der Waals surface area contributed by atoms with Crippen molar-refractivity contribution >= 4 is 132 Å². The lowest BCUT2D eigenvalue weighted by Gasteiger charge is -2.36. The van der Waals surface area contributed by atoms with Crippen LogP contribution in [0.2, 0.25) is 10.0 Å². The third-order valence-electron chi connectivity index (χ3n) is 21.3. The number of halogens is 2. The molecule has 119 heavy (non-hydrogen) atoms. The number of carbonyl (C=O) groups excluding carboxylic acids is 1. The predicted octanol–water partition coefficient (Wildman–Crippen LogP) is 10.1. The minimum Gasteiger partial charge on any atom is -0.384 e. The molecule has 17 heterocycles. The number of thiophene rings is 1. The third kappa shape index (κ3) is 19.4. The van der Waals surface area contributed by atoms with Crippen LogP contribution in [0.4, 0.5) is 58.0 Å². The summed E-state index contributed by atoms with van der Waals surface area (Å²) in [4.78, 5) is 50.7. The molecule has 0 radical (unpaired) electrons. The van der Waals surface area contributed by atoms with Crippen LogP contribution < -0.4 is 70.4 Å². The number of nitrogen functional groups attached to an aromatic ring is 6. The zero-order valence-electron chi connectivity index (χ0n) is 66.5. The van der Waals surface area contributed by atoms with Crippen molar-refractivity contribution in [1.82, 2.24) is 98.2 Å². The van der Waals surface area contributed by atoms with E-state index >= 15 is 0 Å². The second kappa shape index (κ2) is 37.2. The van der Waals surface area contributed by atoms with Gasteiger partial charge in [0.05, 0.1) is 52.8 Å². The monoisotopic (exact) mass is 1660 g/mol. The van der Waals surface area contributed by atoms with E-state index in [1.807, 2.05) is 123 Å². The summed E-state index contributed by atoms with van der Waals surface area (Å²) in [6.45, 7) is 17.3. The summed E-state index contributed by atoms with van der Waals surface area (Å²) in [5, 5.41) is 35.0. The maximum atomic E-state index is 12.7. The molecule has 16 aromatic rings. The number of rotatable bonds is 16. The molecule has 20 rings (SSSR count). The van der Waals surface area contributed by atoms with Gasteiger partial charge in [-0.2, -0.15) is 57.7 Å². The maximum absolute atomic E-state index is 12.7. The molecule has 0 aliphatic carbocycles. The Hall–Kier alpha value is -12.8. The van der Waals surface area contributed by atoms with Crippen LogP contribution in [-0.4, -0.2) is 171 Å². The van der Waals surface area contributed by atoms with Crippen LogP contribution in [0.5, 0.6) is 0 Å². The van der Waals surface area contributed by atoms with Gasteiger partial charge in [-0.15, -0.1) is 11.3 Å². The van der Waals surface area contributed by atoms with Crippen LogP contribution in [0.15, 0.2) is 188 Å². The highest BCUT2D eigenvalue weighted by Crippen LogP contribution is 2.31. The van der Waals surface area contributed by atoms with Crippen LogP contribution in [0, 0.1) is 25.7 Å². The first kappa shape index (κ1) is 81.4. The van der Waals surface area contributed by atoms with Crippen molar-refractivity contribution in [3.05, 3.63) is 248 Å². The maximum Gasteiger partial charge on any atom is 0.198 e. The molecule has 0 amide bonds. The number of hydrogen-bond acceptors (Lipinski definition) is 27. The third-order valence-corrected chi connectivity index (χ3v) is 23.0. The van der Waals surface area contributed by atoms with Gasteiger partial charge in [0.15, 0.2) is 39.7 Å². The first-order valence-electron chi connectivity index (χ1n) is 39.7. The Kier molecular flexibility index (Phi) is 25.4. The lowest BCUT2D eigenvalue weighted by atomic mass is 10.0. The van der Waals surface area contributed by atoms with Crippen molar-refractivity contribution < 1.29 is 4.79 Å². The Morgan fingerprint density at radius 1 is 0.496 bits per heavy atom. The molecule has 0 spiro atoms. The number of nitrogens with zero attached hydrogens (tertiary/aromatic N) is 22. The number of piperazine rings is 1. The van der Waals surface area contributed by atoms with Crippen LogP contribution in [0.1, 0.15) is 80.8 Å². The fourth-order valence-corrected chi connectivity index (χ4v) is 15.9. The Bertz CT molecular complexity index is 6100. The molecule has 16 N–H and O–H groups in total. The van der Waals surface area contributed by atoms with Crippen molar-refractivity contribution in [3.8, 4) is 0 Å². The van der Waals surface area contributed by atoms with E-state index in [9.17, 15) is 4.79 Å². The van der Waals surface area contributed by atoms with Gasteiger partial charge in [0, 0.05) is 157 Å². The molecule has 4 aliphatic heterocycles. The summed E-state index contributed by atoms with van der Waals surface area (Å²) in [5.41, 5.74) is 55.1. The fraction of sp³-hybridized carbons (Fsp3) is 0.298. The molecule has 35 heteroatoms. The van der Waals surface area contributed by atoms with E-state index in [2.05, 4.69) is 127 Å². The quantitative estimate of drug-likeness (QED) is 0.0406. The minimum absolute atomic E-state index is 0.0859. The van der Waals surface area contributed by atoms with Crippen LogP contribution in [-0.2, 0) is 32.2 Å². The van der Waals surface area contributed by atoms with E-state index in [1.165, 1.54) is 21.4 Å². The molecule has 4 fully saturated rings. The molecule has 32 nitrogen and oxygen atoms in total. The van der Waals surface area contributed by atoms with Gasteiger partial charge in [-0.1, -0.05) is 89.9 Å². The Labute approximate surface area is 701 Å². The van der Waals surface area contributed by atoms with E-state index in [-0.39, 0.29) is 11.8 Å². The second-order valence-corrected chi connectivity index (χ2v) is 31.7. The molecule has 3 aromatic carbocycles. The summed E-state index contributed by atoms with van der Waals surface area (Å²) in [5.74, 6) is 7.44. The molecule has 0 unspecified atom stereocenters. The smallest absolute Gasteiger partial charge is 0.198 e. The summed E-state index contributed by atoms with van der Waals surface area (Å²) < 4.78 is 9.82. The number of anilines is 10. The molecule has 4 aliphatic rings. The van der Waals surface area contributed by atoms with Gasteiger partial charge in [-0.25, -0.2) is 29.9 Å². The molecule has 4 saturated heterocycles. The number of carbonyl (C=O) groups is 1. The zero-order chi connectivity index (χ0) is 82.6. The van der Waals surface area contributed by atoms with Crippen LogP contribution >= 0.6 is 34.5 Å². The van der Waals surface area contributed by atoms with E-state index in [0.717, 1.165) is 197 Å². The first-order chi connectivity index (χ1) is 57.8. The van der Waals surface area contributed by atoms with Crippen LogP contribution in [0.3, 0.4) is 0 Å². The molecule has 13 aromatic heterocycles. The summed E-state index contributed by atoms with van der Waals surface area (Å²) in [7, 11) is 0. The lowest BCUT2D eigenvalue weighted by molar-refractivity contribution is 0.104. The lowest BCUT2D eigenvalue weighted by Crippen LogP contribution is -2.46. The van der Waals surface area contributed by atoms with Crippen molar-refractivity contribution in [2.75, 3.05) is 126 Å². The first-order valence-corrected chi connectivity index (χ1v) is 41.4. The average Bonchev–Trinajstić information content (AvgIpc) is 1.72. The van der Waals surface area contributed by atoms with Gasteiger partial charge >= 0.3 is 0 Å². The number of aryl methyl sites for hydroxylation is 4. The highest BCUT2D eigenvalue weighted by atomic mass is 35.5. The van der Waals surface area contributed by atoms with Gasteiger partial charge in [0.25, 0.3) is 0 Å². The SMILES string of the molecule is CCN(Cc1ccccc1)c1cc(N)n2nccc2n1.Cc1cnn2c(N)cc(C[C@H]3CCNC3)nc12.Cc1cnn2c(N)cc(N3CC[C@H](N)C3)nc12.Nc1cc(CCc2cccs2)nc2ccnn12.Nc1cc(C[C@H]2CCNC2)nc2c(C(=O)c3ccccc3)cnn12.Nc1cc(N2CCN(c3ccc(Cl)c(Cl)c3)CC2)nc2ccnn12. The Morgan fingerprint density at radius 2 is 1.03 bits per heavy atom. The van der Waals surface area contributed by atoms with Crippen LogP contribution in [0.25, 0.3) is 33.9 Å². The number of ketones is 1. The Morgan fingerprint density at radius 3 is 1.61 bits per heavy atom. The van der Waals surface area contributed by atoms with Gasteiger partial charge in [-0.05, 0) is 139 Å². The highest BCUT2D eigenvalue weighted by Gasteiger charge is 2.26. The topological polar surface area (TPSA) is 417 Å². The van der Waals surface area contributed by atoms with E-state index in [1.54, 1.807) is 83.2 Å². The minimum atomic E-state index is -0.0859. The van der Waals surface area contributed by atoms with Gasteiger partial charge < -0.3 is 70.4 Å². The normalized spacial score (nSPS) is 15.8. The largest absolute Gasteiger partial charge is 0.384 e. The van der Waals surface area contributed by atoms with Gasteiger partial charge in [-0.3, -0.25) is 4.79 Å². The molecular weight excluding hydrogens is 1560 g/mol. The number of nitrogens with one attached hydrogen (secondary N) is 2. The number of fused-ring (bicyclic) bond motifs is 6. The second-order valence-electron chi connectivity index (χ2n) is 29.8. The summed E-state index contributed by atoms with van der Waals surface area (Å²) in [6, 6.07) is 46.6. The standard InChI is InChI=1S/C18H19N5O.C16H16Cl2N6.C15H17N5.C12H17N5.C12H12N4S.C11H16N6/c19-16-9-14(8-12-6-7-20-10-12)22-18-15(11-21-23(16)18)17(24)13-4-2-1-3-5-13;17-12-2-1-11(9-13(12)18)22-5-7-23(8-6-22)16-10-14(19)24-15(21-16)3-4-20-24;1-2-19(11-12-6-4-3-5-7-12)15-10-13(16)20-14(18-15)8-9-17-20;1-8-6-15-17-11(13)5-10(16-12(8)17)4-9-2-3-14-7-9;13-11-8-9(3-4-10-2-1-7-17-10)15-12-5-6-14-16(11)12;1-7-5-14-17-9(13)4-10(15-11(7)17)16-3-2-8(12)6-16/h1-5,9,11-12,20H,6-8,10,19H2;1-4,9-10H,5-8,19H2;3-10H,2,11,16H2,1H3;5-6,9,14H,2-4,7,13H2,1H3;1-2,5-8H,3-4,13H2;4-5,8H,2-3,6,12-13H2,1H3/t12-;;;9-;;8-/m1..1.0/s1. The highest BCUT2D eigenvalue weighted by molar-refractivity contribution is 7.09. The van der Waals surface area contributed by atoms with E-state index in [4.69, 9.17) is 63.3 Å². The molecule has 614 valence electrons. The number of aromatic nitrogens is 18.